The highest BCUT2D eigenvalue weighted by molar-refractivity contribution is 9.09. The highest BCUT2D eigenvalue weighted by Gasteiger charge is 2.17. The first-order chi connectivity index (χ1) is 6.11. The van der Waals surface area contributed by atoms with Crippen molar-refractivity contribution >= 4 is 27.8 Å². The van der Waals surface area contributed by atoms with Crippen LogP contribution in [0.4, 0.5) is 4.79 Å². The first-order valence-corrected chi connectivity index (χ1v) is 5.32. The van der Waals surface area contributed by atoms with E-state index in [1.807, 2.05) is 6.92 Å². The van der Waals surface area contributed by atoms with Crippen molar-refractivity contribution in [1.29, 1.82) is 0 Å². The summed E-state index contributed by atoms with van der Waals surface area (Å²) < 4.78 is 0. The molecule has 1 atom stereocenters. The minimum Gasteiger partial charge on any atom is -0.465 e. The average Bonchev–Trinajstić information content (AvgIpc) is 2.10. The van der Waals surface area contributed by atoms with Crippen LogP contribution in [-0.4, -0.2) is 28.4 Å². The Morgan fingerprint density at radius 1 is 1.54 bits per heavy atom. The van der Waals surface area contributed by atoms with Gasteiger partial charge >= 0.3 is 6.09 Å². The monoisotopic (exact) mass is 251 g/mol. The number of alkyl halides is 1. The summed E-state index contributed by atoms with van der Waals surface area (Å²) in [6.45, 7) is 2.00. The van der Waals surface area contributed by atoms with Gasteiger partial charge in [0.05, 0.1) is 11.4 Å². The third kappa shape index (κ3) is 5.63. The molecular weight excluding hydrogens is 238 g/mol. The predicted octanol–water partition coefficient (Wildman–Crippen LogP) is 1.78. The van der Waals surface area contributed by atoms with Gasteiger partial charge in [-0.15, -0.1) is 0 Å². The van der Waals surface area contributed by atoms with Crippen LogP contribution in [0.25, 0.3) is 0 Å². The van der Waals surface area contributed by atoms with Crippen molar-refractivity contribution in [3.8, 4) is 0 Å². The van der Waals surface area contributed by atoms with Gasteiger partial charge in [0.15, 0.2) is 5.78 Å². The van der Waals surface area contributed by atoms with Crippen LogP contribution < -0.4 is 5.32 Å². The lowest BCUT2D eigenvalue weighted by Crippen LogP contribution is -2.40. The van der Waals surface area contributed by atoms with E-state index in [-0.39, 0.29) is 11.1 Å². The van der Waals surface area contributed by atoms with Crippen molar-refractivity contribution < 1.29 is 14.7 Å². The molecule has 0 aromatic carbocycles. The van der Waals surface area contributed by atoms with E-state index in [4.69, 9.17) is 5.11 Å². The van der Waals surface area contributed by atoms with Gasteiger partial charge in [0.2, 0.25) is 0 Å². The van der Waals surface area contributed by atoms with Crippen LogP contribution in [0.2, 0.25) is 0 Å². The zero-order valence-corrected chi connectivity index (χ0v) is 9.13. The smallest absolute Gasteiger partial charge is 0.405 e. The maximum atomic E-state index is 11.2. The van der Waals surface area contributed by atoms with Crippen LogP contribution in [0.15, 0.2) is 0 Å². The summed E-state index contributed by atoms with van der Waals surface area (Å²) in [5.74, 6) is -0.115. The molecule has 4 nitrogen and oxygen atoms in total. The molecule has 5 heteroatoms. The standard InChI is InChI=1S/C8H14BrNO3/c1-2-3-4-6(7(11)5-9)10-8(12)13/h6,10H,2-5H2,1H3,(H,12,13)/t6-/m0/s1. The summed E-state index contributed by atoms with van der Waals surface area (Å²) in [5, 5.41) is 10.8. The molecule has 0 fully saturated rings. The van der Waals surface area contributed by atoms with Gasteiger partial charge in [0, 0.05) is 0 Å². The average molecular weight is 252 g/mol. The number of hydrogen-bond donors (Lipinski definition) is 2. The van der Waals surface area contributed by atoms with Crippen molar-refractivity contribution in [2.45, 2.75) is 32.2 Å². The maximum Gasteiger partial charge on any atom is 0.405 e. The van der Waals surface area contributed by atoms with Crippen molar-refractivity contribution in [3.63, 3.8) is 0 Å². The summed E-state index contributed by atoms with van der Waals surface area (Å²) in [6.07, 6.45) is 1.24. The largest absolute Gasteiger partial charge is 0.465 e. The van der Waals surface area contributed by atoms with Gasteiger partial charge in [-0.3, -0.25) is 4.79 Å². The molecule has 0 radical (unpaired) electrons. The van der Waals surface area contributed by atoms with Crippen molar-refractivity contribution in [3.05, 3.63) is 0 Å². The Bertz CT molecular complexity index is 184. The molecule has 2 N–H and O–H groups in total. The maximum absolute atomic E-state index is 11.2. The van der Waals surface area contributed by atoms with E-state index in [9.17, 15) is 9.59 Å². The number of carbonyl (C=O) groups excluding carboxylic acids is 1. The third-order valence-corrected chi connectivity index (χ3v) is 2.22. The van der Waals surface area contributed by atoms with Gasteiger partial charge in [-0.2, -0.15) is 0 Å². The molecule has 0 saturated heterocycles. The zero-order valence-electron chi connectivity index (χ0n) is 7.55. The Morgan fingerprint density at radius 3 is 2.54 bits per heavy atom. The Hall–Kier alpha value is -0.580. The number of unbranched alkanes of at least 4 members (excludes halogenated alkanes) is 1. The van der Waals surface area contributed by atoms with Crippen LogP contribution in [0.1, 0.15) is 26.2 Å². The number of ketones is 1. The molecule has 0 unspecified atom stereocenters. The van der Waals surface area contributed by atoms with Gasteiger partial charge in [0.25, 0.3) is 0 Å². The second-order valence-corrected chi connectivity index (χ2v) is 3.30. The molecule has 0 aliphatic carbocycles. The molecule has 0 rings (SSSR count). The SMILES string of the molecule is CCCC[C@H](NC(=O)O)C(=O)CBr. The summed E-state index contributed by atoms with van der Waals surface area (Å²) in [6, 6.07) is -0.558. The van der Waals surface area contributed by atoms with Crippen molar-refractivity contribution in [1.82, 2.24) is 5.32 Å². The molecule has 0 aromatic rings. The Morgan fingerprint density at radius 2 is 2.15 bits per heavy atom. The summed E-state index contributed by atoms with van der Waals surface area (Å²) in [4.78, 5) is 21.5. The highest BCUT2D eigenvalue weighted by Crippen LogP contribution is 2.03. The van der Waals surface area contributed by atoms with E-state index in [2.05, 4.69) is 21.2 Å². The van der Waals surface area contributed by atoms with Gasteiger partial charge < -0.3 is 10.4 Å². The van der Waals surface area contributed by atoms with E-state index < -0.39 is 12.1 Å². The number of carbonyl (C=O) groups is 2. The van der Waals surface area contributed by atoms with Crippen LogP contribution in [0, 0.1) is 0 Å². The van der Waals surface area contributed by atoms with E-state index in [1.165, 1.54) is 0 Å². The molecule has 0 spiro atoms. The molecule has 0 bridgehead atoms. The molecule has 0 aliphatic heterocycles. The fourth-order valence-electron chi connectivity index (χ4n) is 0.964. The van der Waals surface area contributed by atoms with E-state index in [1.54, 1.807) is 0 Å². The predicted molar refractivity (Wildman–Crippen MR) is 53.3 cm³/mol. The van der Waals surface area contributed by atoms with Gasteiger partial charge in [0.1, 0.15) is 0 Å². The van der Waals surface area contributed by atoms with Gasteiger partial charge in [-0.1, -0.05) is 35.7 Å². The van der Waals surface area contributed by atoms with E-state index in [0.717, 1.165) is 12.8 Å². The van der Waals surface area contributed by atoms with E-state index in [0.29, 0.717) is 6.42 Å². The number of nitrogens with one attached hydrogen (secondary N) is 1. The fraction of sp³-hybridized carbons (Fsp3) is 0.750. The molecule has 76 valence electrons. The van der Waals surface area contributed by atoms with Crippen LogP contribution in [0.5, 0.6) is 0 Å². The number of Topliss-reactive ketones (excluding diaryl/α,β-unsaturated/α-hetero) is 1. The lowest BCUT2D eigenvalue weighted by Gasteiger charge is -2.13. The number of carboxylic acid groups (broad SMARTS) is 1. The van der Waals surface area contributed by atoms with Gasteiger partial charge in [-0.25, -0.2) is 4.79 Å². The van der Waals surface area contributed by atoms with Crippen LogP contribution in [-0.2, 0) is 4.79 Å². The molecule has 1 amide bonds. The van der Waals surface area contributed by atoms with E-state index >= 15 is 0 Å². The molecule has 0 aromatic heterocycles. The lowest BCUT2D eigenvalue weighted by atomic mass is 10.1. The third-order valence-electron chi connectivity index (χ3n) is 1.66. The minimum absolute atomic E-state index is 0.115. The number of rotatable bonds is 6. The minimum atomic E-state index is -1.14. The van der Waals surface area contributed by atoms with Crippen LogP contribution in [0.3, 0.4) is 0 Å². The molecule has 0 saturated carbocycles. The summed E-state index contributed by atoms with van der Waals surface area (Å²) in [5.41, 5.74) is 0. The first kappa shape index (κ1) is 12.4. The number of halogens is 1. The second kappa shape index (κ2) is 6.88. The number of hydrogen-bond acceptors (Lipinski definition) is 2. The quantitative estimate of drug-likeness (QED) is 0.708. The van der Waals surface area contributed by atoms with Gasteiger partial charge in [-0.05, 0) is 6.42 Å². The second-order valence-electron chi connectivity index (χ2n) is 2.74. The Kier molecular flexibility index (Phi) is 6.58. The first-order valence-electron chi connectivity index (χ1n) is 4.20. The molecule has 13 heavy (non-hydrogen) atoms. The fourth-order valence-corrected chi connectivity index (χ4v) is 1.35. The molecular formula is C8H14BrNO3. The highest BCUT2D eigenvalue weighted by atomic mass is 79.9. The topological polar surface area (TPSA) is 66.4 Å². The van der Waals surface area contributed by atoms with Crippen molar-refractivity contribution in [2.24, 2.45) is 0 Å². The lowest BCUT2D eigenvalue weighted by molar-refractivity contribution is -0.118. The normalized spacial score (nSPS) is 12.2. The number of amides is 1. The Balaban J connectivity index is 4.02. The Labute approximate surface area is 85.8 Å². The summed E-state index contributed by atoms with van der Waals surface area (Å²) >= 11 is 3.01. The molecule has 0 heterocycles. The molecule has 0 aliphatic rings. The zero-order chi connectivity index (χ0) is 10.3. The summed E-state index contributed by atoms with van der Waals surface area (Å²) in [7, 11) is 0. The van der Waals surface area contributed by atoms with Crippen molar-refractivity contribution in [2.75, 3.05) is 5.33 Å². The van der Waals surface area contributed by atoms with Crippen LogP contribution >= 0.6 is 15.9 Å².